The quantitative estimate of drug-likeness (QED) is 0.622. The van der Waals surface area contributed by atoms with Gasteiger partial charge in [0.15, 0.2) is 6.61 Å². The highest BCUT2D eigenvalue weighted by Crippen LogP contribution is 2.55. The van der Waals surface area contributed by atoms with Crippen molar-refractivity contribution in [3.63, 3.8) is 0 Å². The summed E-state index contributed by atoms with van der Waals surface area (Å²) in [6.45, 7) is 0.321. The number of rotatable bonds is 7. The molecule has 0 radical (unpaired) electrons. The van der Waals surface area contributed by atoms with Crippen LogP contribution in [0.5, 0.6) is 0 Å². The summed E-state index contributed by atoms with van der Waals surface area (Å²) >= 11 is 0. The normalized spacial score (nSPS) is 29.5. The maximum Gasteiger partial charge on any atom is 0.315 e. The van der Waals surface area contributed by atoms with Crippen molar-refractivity contribution < 1.29 is 19.1 Å². The van der Waals surface area contributed by atoms with Gasteiger partial charge in [0.2, 0.25) is 0 Å². The molecule has 0 saturated heterocycles. The van der Waals surface area contributed by atoms with Crippen molar-refractivity contribution in [2.75, 3.05) is 19.7 Å². The molecule has 0 atom stereocenters. The van der Waals surface area contributed by atoms with E-state index in [1.54, 1.807) is 0 Å². The third-order valence-corrected chi connectivity index (χ3v) is 7.58. The number of nitrogens with one attached hydrogen (secondary N) is 2. The van der Waals surface area contributed by atoms with Crippen molar-refractivity contribution in [3.05, 3.63) is 35.9 Å². The summed E-state index contributed by atoms with van der Waals surface area (Å²) < 4.78 is 5.10. The van der Waals surface area contributed by atoms with E-state index in [0.29, 0.717) is 13.0 Å². The Balaban J connectivity index is 1.01. The highest BCUT2D eigenvalue weighted by atomic mass is 16.5. The Hall–Kier alpha value is -2.90. The van der Waals surface area contributed by atoms with E-state index in [4.69, 9.17) is 4.74 Å². The molecule has 4 aliphatic carbocycles. The lowest BCUT2D eigenvalue weighted by molar-refractivity contribution is -0.151. The summed E-state index contributed by atoms with van der Waals surface area (Å²) in [6.07, 6.45) is 7.92. The summed E-state index contributed by atoms with van der Waals surface area (Å²) in [5, 5.41) is 11.7. The van der Waals surface area contributed by atoms with Crippen LogP contribution >= 0.6 is 0 Å². The van der Waals surface area contributed by atoms with Gasteiger partial charge >= 0.3 is 12.0 Å². The van der Waals surface area contributed by atoms with Gasteiger partial charge < -0.3 is 15.4 Å². The molecule has 2 N–H and O–H groups in total. The fraction of sp³-hybridized carbons (Fsp3) is 0.600. The fourth-order valence-electron chi connectivity index (χ4n) is 6.59. The fourth-order valence-corrected chi connectivity index (χ4v) is 6.59. The molecule has 5 aliphatic rings. The van der Waals surface area contributed by atoms with Crippen LogP contribution in [0.25, 0.3) is 0 Å². The van der Waals surface area contributed by atoms with Crippen LogP contribution in [0, 0.1) is 17.8 Å². The van der Waals surface area contributed by atoms with E-state index in [9.17, 15) is 14.4 Å². The van der Waals surface area contributed by atoms with Crippen LogP contribution in [-0.4, -0.2) is 53.9 Å². The summed E-state index contributed by atoms with van der Waals surface area (Å²) in [4.78, 5) is 36.8. The average Bonchev–Trinajstić information content (AvgIpc) is 3.27. The molecule has 0 spiro atoms. The second-order valence-electron chi connectivity index (χ2n) is 10.2. The Kier molecular flexibility index (Phi) is 6.08. The lowest BCUT2D eigenvalue weighted by atomic mass is 9.53. The number of amides is 3. The molecule has 3 amide bonds. The Bertz CT molecular complexity index is 910. The Labute approximate surface area is 194 Å². The molecule has 176 valence electrons. The summed E-state index contributed by atoms with van der Waals surface area (Å²) in [7, 11) is 0. The lowest BCUT2D eigenvalue weighted by Crippen LogP contribution is -2.61. The highest BCUT2D eigenvalue weighted by Gasteiger charge is 2.51. The second-order valence-corrected chi connectivity index (χ2v) is 10.2. The Morgan fingerprint density at radius 1 is 1.03 bits per heavy atom. The molecule has 0 unspecified atom stereocenters. The molecule has 8 nitrogen and oxygen atoms in total. The number of hydrogen-bond donors (Lipinski definition) is 2. The Morgan fingerprint density at radius 2 is 1.70 bits per heavy atom. The average molecular weight is 453 g/mol. The van der Waals surface area contributed by atoms with Crippen LogP contribution < -0.4 is 10.6 Å². The van der Waals surface area contributed by atoms with Crippen molar-refractivity contribution in [2.45, 2.75) is 56.9 Å². The molecular formula is C25H32N4O4. The number of carbonyl (C=O) groups is 3. The number of nitrogens with zero attached hydrogens (tertiary/aromatic N) is 2. The van der Waals surface area contributed by atoms with Crippen LogP contribution in [-0.2, 0) is 14.3 Å². The first-order valence-corrected chi connectivity index (χ1v) is 12.1. The lowest BCUT2D eigenvalue weighted by Gasteiger charge is -2.56. The van der Waals surface area contributed by atoms with E-state index >= 15 is 0 Å². The zero-order valence-electron chi connectivity index (χ0n) is 18.9. The predicted octanol–water partition coefficient (Wildman–Crippen LogP) is 2.82. The van der Waals surface area contributed by atoms with Crippen molar-refractivity contribution >= 4 is 23.6 Å². The number of ether oxygens (including phenoxy) is 1. The summed E-state index contributed by atoms with van der Waals surface area (Å²) in [6, 6.07) is 9.51. The molecule has 0 aromatic heterocycles. The number of hydrazone groups is 1. The van der Waals surface area contributed by atoms with Crippen molar-refractivity contribution in [2.24, 2.45) is 22.9 Å². The monoisotopic (exact) mass is 452 g/mol. The molecule has 1 aromatic rings. The molecule has 1 heterocycles. The molecule has 1 aliphatic heterocycles. The van der Waals surface area contributed by atoms with Gasteiger partial charge in [0.25, 0.3) is 5.91 Å². The van der Waals surface area contributed by atoms with E-state index in [-0.39, 0.29) is 37.0 Å². The zero-order chi connectivity index (χ0) is 22.8. The topological polar surface area (TPSA) is 100 Å². The number of hydrogen-bond acceptors (Lipinski definition) is 5. The van der Waals surface area contributed by atoms with Gasteiger partial charge in [0, 0.05) is 18.5 Å². The van der Waals surface area contributed by atoms with Crippen LogP contribution in [0.1, 0.15) is 56.9 Å². The standard InChI is InChI=1S/C25H32N4O4/c30-22(29-9-7-21(28-29)20-4-2-1-3-5-20)16-33-23(31)6-8-26-24(32)27-25-13-17-10-18(14-25)12-19(11-17)15-25/h1-5,17-19H,6-16H2,(H2,26,27,32). The van der Waals surface area contributed by atoms with E-state index < -0.39 is 5.97 Å². The first-order valence-electron chi connectivity index (χ1n) is 12.1. The van der Waals surface area contributed by atoms with E-state index in [1.165, 1.54) is 24.3 Å². The van der Waals surface area contributed by atoms with Gasteiger partial charge in [-0.2, -0.15) is 5.10 Å². The first kappa shape index (κ1) is 21.9. The minimum absolute atomic E-state index is 0.0279. The predicted molar refractivity (Wildman–Crippen MR) is 122 cm³/mol. The van der Waals surface area contributed by atoms with Crippen LogP contribution in [0.15, 0.2) is 35.4 Å². The van der Waals surface area contributed by atoms with Crippen molar-refractivity contribution in [3.8, 4) is 0 Å². The van der Waals surface area contributed by atoms with Gasteiger partial charge in [-0.3, -0.25) is 9.59 Å². The van der Waals surface area contributed by atoms with Crippen molar-refractivity contribution in [1.29, 1.82) is 0 Å². The van der Waals surface area contributed by atoms with Gasteiger partial charge in [0.1, 0.15) is 0 Å². The molecule has 33 heavy (non-hydrogen) atoms. The SMILES string of the molecule is O=C(NCCC(=O)OCC(=O)N1CCC(c2ccccc2)=N1)NC12CC3CC(CC(C3)C1)C2. The van der Waals surface area contributed by atoms with E-state index in [0.717, 1.165) is 48.3 Å². The van der Waals surface area contributed by atoms with E-state index in [1.807, 2.05) is 30.3 Å². The van der Waals surface area contributed by atoms with Crippen LogP contribution in [0.4, 0.5) is 4.79 Å². The second kappa shape index (κ2) is 9.15. The van der Waals surface area contributed by atoms with Gasteiger partial charge in [-0.15, -0.1) is 0 Å². The number of urea groups is 1. The largest absolute Gasteiger partial charge is 0.455 e. The third kappa shape index (κ3) is 5.04. The molecule has 4 saturated carbocycles. The van der Waals surface area contributed by atoms with Crippen LogP contribution in [0.3, 0.4) is 0 Å². The van der Waals surface area contributed by atoms with E-state index in [2.05, 4.69) is 15.7 Å². The molecule has 6 rings (SSSR count). The molecular weight excluding hydrogens is 420 g/mol. The highest BCUT2D eigenvalue weighted by molar-refractivity contribution is 6.02. The molecule has 8 heteroatoms. The summed E-state index contributed by atoms with van der Waals surface area (Å²) in [5.74, 6) is 1.42. The zero-order valence-corrected chi connectivity index (χ0v) is 18.9. The number of esters is 1. The van der Waals surface area contributed by atoms with Gasteiger partial charge in [-0.25, -0.2) is 9.80 Å². The maximum atomic E-state index is 12.4. The Morgan fingerprint density at radius 3 is 2.36 bits per heavy atom. The number of benzene rings is 1. The first-order chi connectivity index (χ1) is 16.0. The minimum atomic E-state index is -0.509. The summed E-state index contributed by atoms with van der Waals surface area (Å²) in [5.41, 5.74) is 1.79. The smallest absolute Gasteiger partial charge is 0.315 e. The minimum Gasteiger partial charge on any atom is -0.455 e. The molecule has 4 bridgehead atoms. The van der Waals surface area contributed by atoms with Crippen LogP contribution in [0.2, 0.25) is 0 Å². The molecule has 4 fully saturated rings. The van der Waals surface area contributed by atoms with Gasteiger partial charge in [-0.05, 0) is 61.8 Å². The third-order valence-electron chi connectivity index (χ3n) is 7.58. The van der Waals surface area contributed by atoms with Gasteiger partial charge in [-0.1, -0.05) is 30.3 Å². The maximum absolute atomic E-state index is 12.4. The van der Waals surface area contributed by atoms with Gasteiger partial charge in [0.05, 0.1) is 18.7 Å². The molecule has 1 aromatic carbocycles. The number of carbonyl (C=O) groups excluding carboxylic acids is 3. The van der Waals surface area contributed by atoms with Crippen molar-refractivity contribution in [1.82, 2.24) is 15.6 Å².